The summed E-state index contributed by atoms with van der Waals surface area (Å²) >= 11 is 0. The zero-order valence-corrected chi connectivity index (χ0v) is 13.7. The molecule has 0 aliphatic heterocycles. The van der Waals surface area contributed by atoms with Gasteiger partial charge >= 0.3 is 0 Å². The number of phenolic OH excluding ortho intramolecular Hbond substituents is 1. The predicted molar refractivity (Wildman–Crippen MR) is 87.6 cm³/mol. The summed E-state index contributed by atoms with van der Waals surface area (Å²) in [6, 6.07) is 8.54. The average molecular weight is 349 g/mol. The Morgan fingerprint density at radius 1 is 1.12 bits per heavy atom. The lowest BCUT2D eigenvalue weighted by Crippen LogP contribution is -2.10. The van der Waals surface area contributed by atoms with Crippen molar-refractivity contribution in [2.45, 2.75) is 18.7 Å². The number of carbonyl (C=O) groups excluding carboxylic acids is 1. The highest BCUT2D eigenvalue weighted by atomic mass is 32.2. The number of hydrogen-bond acceptors (Lipinski definition) is 6. The molecule has 0 atom stereocenters. The van der Waals surface area contributed by atoms with Gasteiger partial charge in [-0.05, 0) is 42.8 Å². The number of nitrogens with one attached hydrogen (secondary N) is 1. The molecule has 9 heteroatoms. The fraction of sp³-hybridized carbons (Fsp3) is 0.133. The van der Waals surface area contributed by atoms with E-state index in [0.717, 1.165) is 11.6 Å². The lowest BCUT2D eigenvalue weighted by molar-refractivity contribution is -0.114. The van der Waals surface area contributed by atoms with E-state index in [2.05, 4.69) is 15.5 Å². The molecule has 3 N–H and O–H groups in total. The van der Waals surface area contributed by atoms with Gasteiger partial charge in [0.2, 0.25) is 5.91 Å². The quantitative estimate of drug-likeness (QED) is 0.576. The third-order valence-electron chi connectivity index (χ3n) is 2.96. The molecule has 2 aromatic carbocycles. The van der Waals surface area contributed by atoms with Gasteiger partial charge in [0.1, 0.15) is 16.3 Å². The van der Waals surface area contributed by atoms with E-state index in [0.29, 0.717) is 0 Å². The highest BCUT2D eigenvalue weighted by Crippen LogP contribution is 2.31. The van der Waals surface area contributed by atoms with Gasteiger partial charge in [-0.2, -0.15) is 13.5 Å². The first-order valence-corrected chi connectivity index (χ1v) is 8.21. The minimum Gasteiger partial charge on any atom is -0.506 e. The number of anilines is 1. The first-order chi connectivity index (χ1) is 11.2. The molecule has 0 spiro atoms. The number of benzene rings is 2. The summed E-state index contributed by atoms with van der Waals surface area (Å²) in [5.74, 6) is -0.562. The Morgan fingerprint density at radius 2 is 1.83 bits per heavy atom. The molecule has 0 saturated heterocycles. The van der Waals surface area contributed by atoms with Crippen molar-refractivity contribution in [3.05, 3.63) is 42.0 Å². The van der Waals surface area contributed by atoms with E-state index >= 15 is 0 Å². The van der Waals surface area contributed by atoms with E-state index in [9.17, 15) is 22.9 Å². The lowest BCUT2D eigenvalue weighted by Gasteiger charge is -2.08. The monoisotopic (exact) mass is 349 g/mol. The molecule has 0 unspecified atom stereocenters. The minimum absolute atomic E-state index is 0.0673. The Morgan fingerprint density at radius 3 is 2.46 bits per heavy atom. The molecule has 0 aliphatic rings. The third-order valence-corrected chi connectivity index (χ3v) is 3.85. The topological polar surface area (TPSA) is 128 Å². The summed E-state index contributed by atoms with van der Waals surface area (Å²) in [5, 5.41) is 19.7. The van der Waals surface area contributed by atoms with E-state index in [1.54, 1.807) is 12.1 Å². The Labute approximate surface area is 138 Å². The maximum Gasteiger partial charge on any atom is 0.296 e. The largest absolute Gasteiger partial charge is 0.506 e. The highest BCUT2D eigenvalue weighted by molar-refractivity contribution is 7.86. The molecule has 24 heavy (non-hydrogen) atoms. The summed E-state index contributed by atoms with van der Waals surface area (Å²) in [5.41, 5.74) is 1.13. The predicted octanol–water partition coefficient (Wildman–Crippen LogP) is 3.32. The van der Waals surface area contributed by atoms with Gasteiger partial charge in [-0.3, -0.25) is 9.35 Å². The first-order valence-electron chi connectivity index (χ1n) is 6.77. The summed E-state index contributed by atoms with van der Waals surface area (Å²) in [6.07, 6.45) is 0. The summed E-state index contributed by atoms with van der Waals surface area (Å²) < 4.78 is 32.2. The molecule has 126 valence electrons. The standard InChI is InChI=1S/C15H15N3O5S/c1-9-3-6-14(20)13(7-9)18-17-11-4-5-12(16-10(2)19)15(8-11)24(21,22)23/h3-8,20H,1-2H3,(H,16,19)(H,21,22,23). The highest BCUT2D eigenvalue weighted by Gasteiger charge is 2.17. The SMILES string of the molecule is CC(=O)Nc1ccc(N=Nc2cc(C)ccc2O)cc1S(=O)(=O)O. The molecule has 2 aromatic rings. The van der Waals surface area contributed by atoms with Crippen LogP contribution in [0, 0.1) is 6.92 Å². The molecular formula is C15H15N3O5S. The number of azo groups is 1. The van der Waals surface area contributed by atoms with Gasteiger partial charge in [-0.15, -0.1) is 5.11 Å². The average Bonchev–Trinajstić information content (AvgIpc) is 2.47. The van der Waals surface area contributed by atoms with Crippen molar-refractivity contribution in [1.82, 2.24) is 0 Å². The third kappa shape index (κ3) is 4.37. The Kier molecular flexibility index (Phi) is 4.96. The molecular weight excluding hydrogens is 334 g/mol. The normalized spacial score (nSPS) is 11.6. The number of phenols is 1. The van der Waals surface area contributed by atoms with E-state index in [1.165, 1.54) is 25.1 Å². The molecule has 1 amide bonds. The molecule has 0 aromatic heterocycles. The lowest BCUT2D eigenvalue weighted by atomic mass is 10.2. The Bertz CT molecular complexity index is 923. The van der Waals surface area contributed by atoms with Crippen molar-refractivity contribution >= 4 is 33.1 Å². The first kappa shape index (κ1) is 17.6. The van der Waals surface area contributed by atoms with Crippen LogP contribution in [0.15, 0.2) is 51.5 Å². The number of aryl methyl sites for hydroxylation is 1. The van der Waals surface area contributed by atoms with Crippen LogP contribution in [0.2, 0.25) is 0 Å². The number of rotatable bonds is 4. The number of amides is 1. The second-order valence-electron chi connectivity index (χ2n) is 5.03. The summed E-state index contributed by atoms with van der Waals surface area (Å²) in [6.45, 7) is 3.03. The van der Waals surface area contributed by atoms with E-state index in [-0.39, 0.29) is 22.8 Å². The van der Waals surface area contributed by atoms with E-state index in [1.807, 2.05) is 6.92 Å². The van der Waals surface area contributed by atoms with Gasteiger partial charge in [-0.25, -0.2) is 0 Å². The van der Waals surface area contributed by atoms with Gasteiger partial charge < -0.3 is 10.4 Å². The molecule has 0 bridgehead atoms. The zero-order chi connectivity index (χ0) is 17.9. The van der Waals surface area contributed by atoms with Crippen LogP contribution in [-0.4, -0.2) is 24.0 Å². The summed E-state index contributed by atoms with van der Waals surface area (Å²) in [4.78, 5) is 10.6. The fourth-order valence-electron chi connectivity index (χ4n) is 1.90. The van der Waals surface area contributed by atoms with Crippen LogP contribution < -0.4 is 5.32 Å². The molecule has 8 nitrogen and oxygen atoms in total. The van der Waals surface area contributed by atoms with Gasteiger partial charge in [0.15, 0.2) is 0 Å². The van der Waals surface area contributed by atoms with Crippen molar-refractivity contribution in [2.75, 3.05) is 5.32 Å². The van der Waals surface area contributed by atoms with Gasteiger partial charge in [0, 0.05) is 6.92 Å². The van der Waals surface area contributed by atoms with Crippen molar-refractivity contribution in [3.63, 3.8) is 0 Å². The fourth-order valence-corrected chi connectivity index (χ4v) is 2.57. The van der Waals surface area contributed by atoms with Gasteiger partial charge in [0.25, 0.3) is 10.1 Å². The molecule has 0 saturated carbocycles. The molecule has 0 radical (unpaired) electrons. The molecule has 2 rings (SSSR count). The second-order valence-corrected chi connectivity index (χ2v) is 6.42. The van der Waals surface area contributed by atoms with Crippen LogP contribution in [-0.2, 0) is 14.9 Å². The number of aromatic hydroxyl groups is 1. The maximum atomic E-state index is 11.5. The van der Waals surface area contributed by atoms with Crippen molar-refractivity contribution in [2.24, 2.45) is 10.2 Å². The smallest absolute Gasteiger partial charge is 0.296 e. The number of carbonyl (C=O) groups is 1. The van der Waals surface area contributed by atoms with Gasteiger partial charge in [-0.1, -0.05) is 6.07 Å². The van der Waals surface area contributed by atoms with E-state index < -0.39 is 20.9 Å². The van der Waals surface area contributed by atoms with Crippen LogP contribution in [0.4, 0.5) is 17.1 Å². The number of nitrogens with zero attached hydrogens (tertiary/aromatic N) is 2. The summed E-state index contributed by atoms with van der Waals surface area (Å²) in [7, 11) is -4.57. The van der Waals surface area contributed by atoms with Crippen molar-refractivity contribution in [1.29, 1.82) is 0 Å². The van der Waals surface area contributed by atoms with Gasteiger partial charge in [0.05, 0.1) is 11.4 Å². The minimum atomic E-state index is -4.57. The van der Waals surface area contributed by atoms with Crippen LogP contribution >= 0.6 is 0 Å². The second kappa shape index (κ2) is 6.77. The van der Waals surface area contributed by atoms with Crippen molar-refractivity contribution in [3.8, 4) is 5.75 Å². The Hall–Kier alpha value is -2.78. The maximum absolute atomic E-state index is 11.5. The van der Waals surface area contributed by atoms with Crippen LogP contribution in [0.25, 0.3) is 0 Å². The van der Waals surface area contributed by atoms with Crippen molar-refractivity contribution < 1.29 is 22.9 Å². The van der Waals surface area contributed by atoms with Crippen LogP contribution in [0.3, 0.4) is 0 Å². The molecule has 0 heterocycles. The Balaban J connectivity index is 2.43. The zero-order valence-electron chi connectivity index (χ0n) is 12.9. The van der Waals surface area contributed by atoms with E-state index in [4.69, 9.17) is 0 Å². The molecule has 0 aliphatic carbocycles. The van der Waals surface area contributed by atoms with Crippen LogP contribution in [0.5, 0.6) is 5.75 Å². The number of hydrogen-bond donors (Lipinski definition) is 3. The van der Waals surface area contributed by atoms with Crippen LogP contribution in [0.1, 0.15) is 12.5 Å². The molecule has 0 fully saturated rings.